The number of oxime groups is 1. The van der Waals surface area contributed by atoms with Crippen molar-refractivity contribution in [3.8, 4) is 0 Å². The number of hydrogen-bond donors (Lipinski definition) is 3. The average Bonchev–Trinajstić information content (AvgIpc) is 3.09. The summed E-state index contributed by atoms with van der Waals surface area (Å²) in [7, 11) is 0. The van der Waals surface area contributed by atoms with E-state index in [-0.39, 0.29) is 23.9 Å². The van der Waals surface area contributed by atoms with Crippen molar-refractivity contribution < 1.29 is 14.7 Å². The number of carbonyl (C=O) groups is 1. The summed E-state index contributed by atoms with van der Waals surface area (Å²) in [5.41, 5.74) is 4.92. The standard InChI is InChI=1S/C13H23N3O3/c1-9(10-5-4-8-19-10)15-12(17)13(11(14)16-18)6-2-3-7-13/h9-10,18H,2-8H2,1H3,(H2,14,16)(H,15,17). The monoisotopic (exact) mass is 269 g/mol. The third kappa shape index (κ3) is 2.68. The quantitative estimate of drug-likeness (QED) is 0.307. The van der Waals surface area contributed by atoms with Crippen LogP contribution in [0.4, 0.5) is 0 Å². The van der Waals surface area contributed by atoms with Crippen LogP contribution in [0.1, 0.15) is 45.4 Å². The second-order valence-electron chi connectivity index (χ2n) is 5.59. The molecule has 1 heterocycles. The summed E-state index contributed by atoms with van der Waals surface area (Å²) in [5.74, 6) is -0.106. The normalized spacial score (nSPS) is 28.3. The van der Waals surface area contributed by atoms with Gasteiger partial charge in [-0.25, -0.2) is 0 Å². The Bertz CT molecular complexity index is 358. The summed E-state index contributed by atoms with van der Waals surface area (Å²) in [4.78, 5) is 12.5. The topological polar surface area (TPSA) is 96.9 Å². The van der Waals surface area contributed by atoms with Gasteiger partial charge in [-0.1, -0.05) is 18.0 Å². The van der Waals surface area contributed by atoms with Crippen LogP contribution in [-0.4, -0.2) is 35.7 Å². The van der Waals surface area contributed by atoms with Gasteiger partial charge < -0.3 is 21.0 Å². The maximum atomic E-state index is 12.5. The smallest absolute Gasteiger partial charge is 0.234 e. The second-order valence-corrected chi connectivity index (χ2v) is 5.59. The first-order chi connectivity index (χ1) is 9.10. The van der Waals surface area contributed by atoms with Crippen LogP contribution in [0.5, 0.6) is 0 Å². The molecule has 108 valence electrons. The summed E-state index contributed by atoms with van der Waals surface area (Å²) in [5, 5.41) is 15.0. The molecule has 0 radical (unpaired) electrons. The van der Waals surface area contributed by atoms with E-state index in [0.717, 1.165) is 32.3 Å². The van der Waals surface area contributed by atoms with Gasteiger partial charge in [0.25, 0.3) is 0 Å². The number of carbonyl (C=O) groups excluding carboxylic acids is 1. The molecule has 2 atom stereocenters. The zero-order valence-corrected chi connectivity index (χ0v) is 11.4. The Morgan fingerprint density at radius 2 is 2.16 bits per heavy atom. The molecular formula is C13H23N3O3. The molecule has 1 saturated heterocycles. The fourth-order valence-corrected chi connectivity index (χ4v) is 3.11. The highest BCUT2D eigenvalue weighted by Gasteiger charge is 2.46. The lowest BCUT2D eigenvalue weighted by Gasteiger charge is -2.29. The molecule has 0 aromatic carbocycles. The van der Waals surface area contributed by atoms with E-state index < -0.39 is 5.41 Å². The molecule has 6 nitrogen and oxygen atoms in total. The van der Waals surface area contributed by atoms with Gasteiger partial charge in [-0.05, 0) is 32.6 Å². The van der Waals surface area contributed by atoms with Crippen LogP contribution in [0.3, 0.4) is 0 Å². The summed E-state index contributed by atoms with van der Waals surface area (Å²) in [6, 6.07) is -0.0426. The van der Waals surface area contributed by atoms with E-state index in [4.69, 9.17) is 15.7 Å². The number of amidine groups is 1. The van der Waals surface area contributed by atoms with Crippen LogP contribution >= 0.6 is 0 Å². The minimum Gasteiger partial charge on any atom is -0.409 e. The number of hydrogen-bond acceptors (Lipinski definition) is 4. The Labute approximate surface area is 113 Å². The average molecular weight is 269 g/mol. The van der Waals surface area contributed by atoms with Gasteiger partial charge >= 0.3 is 0 Å². The van der Waals surface area contributed by atoms with Gasteiger partial charge in [0.15, 0.2) is 5.84 Å². The van der Waals surface area contributed by atoms with E-state index in [1.165, 1.54) is 0 Å². The van der Waals surface area contributed by atoms with Gasteiger partial charge in [0.05, 0.1) is 12.1 Å². The molecule has 1 saturated carbocycles. The highest BCUT2D eigenvalue weighted by molar-refractivity contribution is 6.07. The Morgan fingerprint density at radius 3 is 2.68 bits per heavy atom. The SMILES string of the molecule is CC(NC(=O)C1(C(N)=NO)CCCC1)C1CCCO1. The first-order valence-electron chi connectivity index (χ1n) is 7.01. The molecule has 0 aromatic rings. The number of ether oxygens (including phenoxy) is 1. The molecular weight excluding hydrogens is 246 g/mol. The molecule has 2 unspecified atom stereocenters. The number of nitrogens with one attached hydrogen (secondary N) is 1. The molecule has 1 amide bonds. The Morgan fingerprint density at radius 1 is 1.47 bits per heavy atom. The van der Waals surface area contributed by atoms with Crippen molar-refractivity contribution in [2.45, 2.75) is 57.6 Å². The van der Waals surface area contributed by atoms with Gasteiger partial charge in [0, 0.05) is 6.61 Å². The van der Waals surface area contributed by atoms with Crippen LogP contribution in [0, 0.1) is 5.41 Å². The van der Waals surface area contributed by atoms with E-state index in [2.05, 4.69) is 10.5 Å². The van der Waals surface area contributed by atoms with Crippen molar-refractivity contribution in [2.75, 3.05) is 6.61 Å². The number of nitrogens with zero attached hydrogens (tertiary/aromatic N) is 1. The summed E-state index contributed by atoms with van der Waals surface area (Å²) < 4.78 is 5.57. The lowest BCUT2D eigenvalue weighted by Crippen LogP contribution is -2.52. The van der Waals surface area contributed by atoms with Gasteiger partial charge in [0.2, 0.25) is 5.91 Å². The second kappa shape index (κ2) is 5.77. The van der Waals surface area contributed by atoms with Crippen LogP contribution in [0.25, 0.3) is 0 Å². The van der Waals surface area contributed by atoms with Crippen molar-refractivity contribution in [2.24, 2.45) is 16.3 Å². The molecule has 0 spiro atoms. The lowest BCUT2D eigenvalue weighted by molar-refractivity contribution is -0.129. The van der Waals surface area contributed by atoms with Crippen molar-refractivity contribution in [1.82, 2.24) is 5.32 Å². The molecule has 2 fully saturated rings. The number of amides is 1. The number of rotatable bonds is 4. The third-order valence-electron chi connectivity index (χ3n) is 4.37. The van der Waals surface area contributed by atoms with E-state index in [9.17, 15) is 4.79 Å². The fourth-order valence-electron chi connectivity index (χ4n) is 3.11. The predicted molar refractivity (Wildman–Crippen MR) is 70.9 cm³/mol. The van der Waals surface area contributed by atoms with Gasteiger partial charge in [-0.3, -0.25) is 4.79 Å². The van der Waals surface area contributed by atoms with Crippen LogP contribution in [-0.2, 0) is 9.53 Å². The summed E-state index contributed by atoms with van der Waals surface area (Å²) in [6.07, 6.45) is 5.24. The van der Waals surface area contributed by atoms with Gasteiger partial charge in [-0.15, -0.1) is 0 Å². The third-order valence-corrected chi connectivity index (χ3v) is 4.37. The summed E-state index contributed by atoms with van der Waals surface area (Å²) in [6.45, 7) is 2.71. The fraction of sp³-hybridized carbons (Fsp3) is 0.846. The summed E-state index contributed by atoms with van der Waals surface area (Å²) >= 11 is 0. The minimum atomic E-state index is -0.832. The predicted octanol–water partition coefficient (Wildman–Crippen LogP) is 0.977. The van der Waals surface area contributed by atoms with E-state index in [0.29, 0.717) is 12.8 Å². The molecule has 0 bridgehead atoms. The largest absolute Gasteiger partial charge is 0.409 e. The molecule has 6 heteroatoms. The van der Waals surface area contributed by atoms with Crippen LogP contribution in [0.15, 0.2) is 5.16 Å². The molecule has 19 heavy (non-hydrogen) atoms. The van der Waals surface area contributed by atoms with Gasteiger partial charge in [-0.2, -0.15) is 0 Å². The molecule has 0 aromatic heterocycles. The Balaban J connectivity index is 2.04. The molecule has 1 aliphatic carbocycles. The van der Waals surface area contributed by atoms with Crippen molar-refractivity contribution in [1.29, 1.82) is 0 Å². The molecule has 2 aliphatic rings. The minimum absolute atomic E-state index is 0.0297. The molecule has 4 N–H and O–H groups in total. The van der Waals surface area contributed by atoms with Crippen molar-refractivity contribution in [3.05, 3.63) is 0 Å². The zero-order valence-electron chi connectivity index (χ0n) is 11.4. The molecule has 1 aliphatic heterocycles. The van der Waals surface area contributed by atoms with Crippen molar-refractivity contribution >= 4 is 11.7 Å². The van der Waals surface area contributed by atoms with Gasteiger partial charge in [0.1, 0.15) is 5.41 Å². The highest BCUT2D eigenvalue weighted by atomic mass is 16.5. The Hall–Kier alpha value is -1.30. The first-order valence-corrected chi connectivity index (χ1v) is 7.01. The lowest BCUT2D eigenvalue weighted by atomic mass is 9.83. The van der Waals surface area contributed by atoms with E-state index in [1.54, 1.807) is 0 Å². The number of nitrogens with two attached hydrogens (primary N) is 1. The molecule has 2 rings (SSSR count). The van der Waals surface area contributed by atoms with Crippen LogP contribution < -0.4 is 11.1 Å². The van der Waals surface area contributed by atoms with Crippen molar-refractivity contribution in [3.63, 3.8) is 0 Å². The Kier molecular flexibility index (Phi) is 4.29. The first kappa shape index (κ1) is 14.1. The highest BCUT2D eigenvalue weighted by Crippen LogP contribution is 2.38. The van der Waals surface area contributed by atoms with E-state index in [1.807, 2.05) is 6.92 Å². The maximum Gasteiger partial charge on any atom is 0.234 e. The zero-order chi connectivity index (χ0) is 13.9. The van der Waals surface area contributed by atoms with Crippen LogP contribution in [0.2, 0.25) is 0 Å². The maximum absolute atomic E-state index is 12.5. The van der Waals surface area contributed by atoms with E-state index >= 15 is 0 Å².